The average Bonchev–Trinajstić information content (AvgIpc) is 2.83. The fourth-order valence-corrected chi connectivity index (χ4v) is 4.00. The van der Waals surface area contributed by atoms with Gasteiger partial charge in [0.15, 0.2) is 0 Å². The Morgan fingerprint density at radius 3 is 2.11 bits per heavy atom. The number of cyclic esters (lactones) is 1. The second kappa shape index (κ2) is 13.5. The molecular weight excluding hydrogens is 460 g/mol. The van der Waals surface area contributed by atoms with E-state index in [0.29, 0.717) is 26.2 Å². The van der Waals surface area contributed by atoms with Gasteiger partial charge in [0.2, 0.25) is 0 Å². The summed E-state index contributed by atoms with van der Waals surface area (Å²) in [5.41, 5.74) is 1.42. The second-order valence-electron chi connectivity index (χ2n) is 10.1. The normalized spacial score (nSPS) is 23.5. The van der Waals surface area contributed by atoms with Crippen LogP contribution in [0.25, 0.3) is 0 Å². The molecule has 4 atom stereocenters. The molecule has 1 saturated heterocycles. The zero-order chi connectivity index (χ0) is 26.0. The average molecular weight is 499 g/mol. The Kier molecular flexibility index (Phi) is 10.5. The maximum absolute atomic E-state index is 13.0. The molecule has 1 heterocycles. The van der Waals surface area contributed by atoms with E-state index in [2.05, 4.69) is 0 Å². The number of benzene rings is 2. The monoisotopic (exact) mass is 498 g/mol. The van der Waals surface area contributed by atoms with Gasteiger partial charge < -0.3 is 23.7 Å². The maximum atomic E-state index is 13.0. The van der Waals surface area contributed by atoms with Crippen LogP contribution in [-0.4, -0.2) is 49.1 Å². The van der Waals surface area contributed by atoms with Gasteiger partial charge in [0.05, 0.1) is 38.3 Å². The Bertz CT molecular complexity index is 939. The van der Waals surface area contributed by atoms with Crippen molar-refractivity contribution in [2.45, 2.75) is 77.7 Å². The molecule has 1 fully saturated rings. The molecule has 1 aliphatic rings. The van der Waals surface area contributed by atoms with Gasteiger partial charge in [-0.25, -0.2) is 0 Å². The van der Waals surface area contributed by atoms with Crippen molar-refractivity contribution in [1.29, 1.82) is 0 Å². The van der Waals surface area contributed by atoms with E-state index in [0.717, 1.165) is 11.1 Å². The predicted molar refractivity (Wildman–Crippen MR) is 135 cm³/mol. The predicted octanol–water partition coefficient (Wildman–Crippen LogP) is 4.86. The summed E-state index contributed by atoms with van der Waals surface area (Å²) < 4.78 is 29.6. The van der Waals surface area contributed by atoms with Crippen LogP contribution in [-0.2, 0) is 46.5 Å². The number of rotatable bonds is 8. The summed E-state index contributed by atoms with van der Waals surface area (Å²) in [4.78, 5) is 25.4. The van der Waals surface area contributed by atoms with Crippen LogP contribution >= 0.6 is 0 Å². The first-order valence-corrected chi connectivity index (χ1v) is 12.5. The quantitative estimate of drug-likeness (QED) is 0.481. The molecule has 0 bridgehead atoms. The summed E-state index contributed by atoms with van der Waals surface area (Å²) in [5, 5.41) is 0. The van der Waals surface area contributed by atoms with Crippen molar-refractivity contribution in [1.82, 2.24) is 0 Å². The van der Waals surface area contributed by atoms with Gasteiger partial charge in [0, 0.05) is 6.61 Å². The summed E-state index contributed by atoms with van der Waals surface area (Å²) in [6, 6.07) is 19.7. The van der Waals surface area contributed by atoms with Gasteiger partial charge in [0.1, 0.15) is 17.8 Å². The zero-order valence-corrected chi connectivity index (χ0v) is 21.7. The van der Waals surface area contributed by atoms with Crippen molar-refractivity contribution < 1.29 is 33.3 Å². The van der Waals surface area contributed by atoms with Crippen molar-refractivity contribution in [3.8, 4) is 0 Å². The van der Waals surface area contributed by atoms with Crippen LogP contribution in [0, 0.1) is 5.92 Å². The summed E-state index contributed by atoms with van der Waals surface area (Å²) in [7, 11) is 0. The smallest absolute Gasteiger partial charge is 0.312 e. The van der Waals surface area contributed by atoms with Crippen LogP contribution in [0.15, 0.2) is 60.7 Å². The molecule has 7 nitrogen and oxygen atoms in total. The van der Waals surface area contributed by atoms with E-state index < -0.39 is 35.7 Å². The molecule has 36 heavy (non-hydrogen) atoms. The Hall–Kier alpha value is -2.74. The van der Waals surface area contributed by atoms with Crippen molar-refractivity contribution in [2.75, 3.05) is 13.2 Å². The summed E-state index contributed by atoms with van der Waals surface area (Å²) in [5.74, 6) is -1.72. The molecule has 0 saturated carbocycles. The van der Waals surface area contributed by atoms with Crippen LogP contribution in [0.2, 0.25) is 0 Å². The number of hydrogen-bond acceptors (Lipinski definition) is 7. The standard InChI is InChI=1S/C29H38O7/c1-21-27(34-19-23-13-9-6-10-14-23)25(33-18-22-11-7-5-8-12-22)15-16-32-20-24(28(31)35-21)17-26(30)36-29(2,3)4/h5-14,21,24-25,27H,15-20H2,1-4H3/t21-,24-,25-,27-/m0/s1. The van der Waals surface area contributed by atoms with Crippen LogP contribution < -0.4 is 0 Å². The minimum atomic E-state index is -0.751. The summed E-state index contributed by atoms with van der Waals surface area (Å²) in [6.07, 6.45) is -1.04. The second-order valence-corrected chi connectivity index (χ2v) is 10.1. The van der Waals surface area contributed by atoms with Gasteiger partial charge in [0.25, 0.3) is 0 Å². The lowest BCUT2D eigenvalue weighted by molar-refractivity contribution is -0.184. The third-order valence-corrected chi connectivity index (χ3v) is 5.76. The molecule has 196 valence electrons. The molecular formula is C29H38O7. The third-order valence-electron chi connectivity index (χ3n) is 5.76. The van der Waals surface area contributed by atoms with E-state index in [-0.39, 0.29) is 19.1 Å². The van der Waals surface area contributed by atoms with Gasteiger partial charge in [-0.2, -0.15) is 0 Å². The lowest BCUT2D eigenvalue weighted by Gasteiger charge is -2.33. The van der Waals surface area contributed by atoms with Crippen molar-refractivity contribution in [3.05, 3.63) is 71.8 Å². The fraction of sp³-hybridized carbons (Fsp3) is 0.517. The number of carbonyl (C=O) groups is 2. The Balaban J connectivity index is 1.72. The first-order valence-electron chi connectivity index (χ1n) is 12.5. The van der Waals surface area contributed by atoms with E-state index in [4.69, 9.17) is 23.7 Å². The minimum Gasteiger partial charge on any atom is -0.460 e. The number of ether oxygens (including phenoxy) is 5. The topological polar surface area (TPSA) is 80.3 Å². The van der Waals surface area contributed by atoms with E-state index in [1.807, 2.05) is 60.7 Å². The van der Waals surface area contributed by atoms with Crippen molar-refractivity contribution >= 4 is 11.9 Å². The number of carbonyl (C=O) groups excluding carboxylic acids is 2. The van der Waals surface area contributed by atoms with Crippen molar-refractivity contribution in [2.24, 2.45) is 5.92 Å². The van der Waals surface area contributed by atoms with Crippen LogP contribution in [0.3, 0.4) is 0 Å². The van der Waals surface area contributed by atoms with E-state index in [1.165, 1.54) is 0 Å². The molecule has 2 aromatic carbocycles. The van der Waals surface area contributed by atoms with E-state index >= 15 is 0 Å². The zero-order valence-electron chi connectivity index (χ0n) is 21.7. The lowest BCUT2D eigenvalue weighted by Crippen LogP contribution is -2.45. The van der Waals surface area contributed by atoms with E-state index in [1.54, 1.807) is 27.7 Å². The van der Waals surface area contributed by atoms with Gasteiger partial charge in [-0.05, 0) is 45.2 Å². The minimum absolute atomic E-state index is 0.0751. The van der Waals surface area contributed by atoms with Gasteiger partial charge in [-0.1, -0.05) is 60.7 Å². The molecule has 7 heteroatoms. The fourth-order valence-electron chi connectivity index (χ4n) is 4.00. The van der Waals surface area contributed by atoms with E-state index in [9.17, 15) is 9.59 Å². The molecule has 0 amide bonds. The summed E-state index contributed by atoms with van der Waals surface area (Å²) >= 11 is 0. The molecule has 1 aliphatic heterocycles. The molecule has 0 spiro atoms. The Morgan fingerprint density at radius 2 is 1.53 bits per heavy atom. The highest BCUT2D eigenvalue weighted by atomic mass is 16.6. The first kappa shape index (κ1) is 27.8. The largest absolute Gasteiger partial charge is 0.460 e. The molecule has 3 rings (SSSR count). The Morgan fingerprint density at radius 1 is 0.944 bits per heavy atom. The molecule has 0 aliphatic carbocycles. The molecule has 0 N–H and O–H groups in total. The van der Waals surface area contributed by atoms with Gasteiger partial charge in [-0.15, -0.1) is 0 Å². The summed E-state index contributed by atoms with van der Waals surface area (Å²) in [6.45, 7) is 8.36. The Labute approximate surface area is 214 Å². The lowest BCUT2D eigenvalue weighted by atomic mass is 10.0. The number of esters is 2. The number of hydrogen-bond donors (Lipinski definition) is 0. The van der Waals surface area contributed by atoms with Gasteiger partial charge in [-0.3, -0.25) is 9.59 Å². The van der Waals surface area contributed by atoms with Crippen LogP contribution in [0.1, 0.15) is 51.7 Å². The molecule has 0 radical (unpaired) electrons. The molecule has 0 aromatic heterocycles. The van der Waals surface area contributed by atoms with Crippen LogP contribution in [0.4, 0.5) is 0 Å². The highest BCUT2D eigenvalue weighted by Gasteiger charge is 2.35. The first-order chi connectivity index (χ1) is 17.2. The molecule has 2 aromatic rings. The highest BCUT2D eigenvalue weighted by Crippen LogP contribution is 2.23. The molecule has 0 unspecified atom stereocenters. The third kappa shape index (κ3) is 9.37. The maximum Gasteiger partial charge on any atom is 0.312 e. The van der Waals surface area contributed by atoms with Crippen molar-refractivity contribution in [3.63, 3.8) is 0 Å². The highest BCUT2D eigenvalue weighted by molar-refractivity contribution is 5.80. The SMILES string of the molecule is C[C@@H]1OC(=O)[C@@H](CC(=O)OC(C)(C)C)COCC[C@H](OCc2ccccc2)[C@H]1OCc1ccccc1. The van der Waals surface area contributed by atoms with Crippen LogP contribution in [0.5, 0.6) is 0 Å². The van der Waals surface area contributed by atoms with Gasteiger partial charge >= 0.3 is 11.9 Å².